The summed E-state index contributed by atoms with van der Waals surface area (Å²) < 4.78 is 0. The van der Waals surface area contributed by atoms with Gasteiger partial charge in [-0.15, -0.1) is 11.3 Å². The maximum atomic E-state index is 13.1. The van der Waals surface area contributed by atoms with E-state index in [1.54, 1.807) is 11.3 Å². The molecule has 1 saturated carbocycles. The average molecular weight is 397 g/mol. The maximum absolute atomic E-state index is 13.1. The Morgan fingerprint density at radius 3 is 2.64 bits per heavy atom. The molecule has 4 nitrogen and oxygen atoms in total. The minimum Gasteiger partial charge on any atom is -0.356 e. The van der Waals surface area contributed by atoms with Crippen LogP contribution in [0.4, 0.5) is 0 Å². The number of rotatable bonds is 6. The molecule has 1 aromatic heterocycles. The van der Waals surface area contributed by atoms with E-state index in [9.17, 15) is 9.59 Å². The van der Waals surface area contributed by atoms with Crippen molar-refractivity contribution in [1.29, 1.82) is 0 Å². The van der Waals surface area contributed by atoms with E-state index >= 15 is 0 Å². The predicted molar refractivity (Wildman–Crippen MR) is 113 cm³/mol. The molecule has 0 bridgehead atoms. The number of benzene rings is 1. The number of likely N-dealkylation sites (tertiary alicyclic amines) is 1. The van der Waals surface area contributed by atoms with E-state index in [0.29, 0.717) is 19.5 Å². The van der Waals surface area contributed by atoms with E-state index in [0.717, 1.165) is 37.8 Å². The molecule has 2 aliphatic rings. The molecule has 1 N–H and O–H groups in total. The molecular weight excluding hydrogens is 368 g/mol. The molecule has 1 aromatic carbocycles. The summed E-state index contributed by atoms with van der Waals surface area (Å²) in [6, 6.07) is 12.7. The number of nitrogens with one attached hydrogen (secondary N) is 1. The number of piperidine rings is 1. The molecular formula is C23H28N2O2S. The maximum Gasteiger partial charge on any atom is 0.228 e. The zero-order valence-electron chi connectivity index (χ0n) is 16.4. The zero-order valence-corrected chi connectivity index (χ0v) is 17.3. The van der Waals surface area contributed by atoms with Gasteiger partial charge in [0.15, 0.2) is 0 Å². The number of carbonyl (C=O) groups is 2. The van der Waals surface area contributed by atoms with Crippen molar-refractivity contribution in [2.75, 3.05) is 19.6 Å². The Bertz CT molecular complexity index is 827. The molecule has 2 heterocycles. The van der Waals surface area contributed by atoms with Crippen LogP contribution in [0.5, 0.6) is 0 Å². The fourth-order valence-corrected chi connectivity index (χ4v) is 5.02. The molecule has 1 atom stereocenters. The number of nitrogens with zero attached hydrogens (tertiary/aromatic N) is 1. The summed E-state index contributed by atoms with van der Waals surface area (Å²) >= 11 is 1.73. The molecule has 5 heteroatoms. The molecule has 0 radical (unpaired) electrons. The quantitative estimate of drug-likeness (QED) is 0.799. The summed E-state index contributed by atoms with van der Waals surface area (Å²) in [5.41, 5.74) is 1.84. The Kier molecular flexibility index (Phi) is 5.54. The Morgan fingerprint density at radius 1 is 1.21 bits per heavy atom. The topological polar surface area (TPSA) is 49.4 Å². The summed E-state index contributed by atoms with van der Waals surface area (Å²) in [5.74, 6) is 0.544. The van der Waals surface area contributed by atoms with Crippen LogP contribution in [0.25, 0.3) is 10.4 Å². The fourth-order valence-electron chi connectivity index (χ4n) is 4.29. The Labute approximate surface area is 170 Å². The number of thiophene rings is 1. The molecule has 2 aromatic rings. The van der Waals surface area contributed by atoms with E-state index in [4.69, 9.17) is 0 Å². The lowest BCUT2D eigenvalue weighted by molar-refractivity contribution is -0.142. The normalized spacial score (nSPS) is 22.1. The molecule has 1 aliphatic heterocycles. The second-order valence-corrected chi connectivity index (χ2v) is 9.08. The third-order valence-corrected chi connectivity index (χ3v) is 6.86. The first-order valence-electron chi connectivity index (χ1n) is 10.3. The second kappa shape index (κ2) is 8.08. The van der Waals surface area contributed by atoms with Gasteiger partial charge in [-0.25, -0.2) is 0 Å². The minimum absolute atomic E-state index is 0.0885. The second-order valence-electron chi connectivity index (χ2n) is 8.13. The standard InChI is InChI=1S/C23H28N2O2S/c1-2-24-22(27)23(12-4-13-25(16-23)21(26)19-10-11-19)15-17-6-8-18(9-7-17)20-5-3-14-28-20/h3,5-9,14,19H,2,4,10-13,15-16H2,1H3,(H,24,27). The van der Waals surface area contributed by atoms with Crippen molar-refractivity contribution in [1.82, 2.24) is 10.2 Å². The number of carbonyl (C=O) groups excluding carboxylic acids is 2. The molecule has 148 valence electrons. The van der Waals surface area contributed by atoms with Gasteiger partial charge in [-0.2, -0.15) is 0 Å². The predicted octanol–water partition coefficient (Wildman–Crippen LogP) is 4.11. The number of hydrogen-bond donors (Lipinski definition) is 1. The van der Waals surface area contributed by atoms with Crippen LogP contribution < -0.4 is 5.32 Å². The van der Waals surface area contributed by atoms with Crippen LogP contribution in [0.2, 0.25) is 0 Å². The van der Waals surface area contributed by atoms with Crippen LogP contribution in [0.15, 0.2) is 41.8 Å². The highest BCUT2D eigenvalue weighted by Crippen LogP contribution is 2.38. The molecule has 0 spiro atoms. The highest BCUT2D eigenvalue weighted by Gasteiger charge is 2.45. The van der Waals surface area contributed by atoms with Crippen molar-refractivity contribution in [3.63, 3.8) is 0 Å². The molecule has 1 saturated heterocycles. The number of hydrogen-bond acceptors (Lipinski definition) is 3. The van der Waals surface area contributed by atoms with E-state index in [1.165, 1.54) is 10.4 Å². The van der Waals surface area contributed by atoms with Gasteiger partial charge in [-0.1, -0.05) is 30.3 Å². The molecule has 2 fully saturated rings. The smallest absolute Gasteiger partial charge is 0.228 e. The SMILES string of the molecule is CCNC(=O)C1(Cc2ccc(-c3cccs3)cc2)CCCN(C(=O)C2CC2)C1. The lowest BCUT2D eigenvalue weighted by Gasteiger charge is -2.42. The van der Waals surface area contributed by atoms with Crippen LogP contribution in [0, 0.1) is 11.3 Å². The third kappa shape index (κ3) is 4.00. The first kappa shape index (κ1) is 19.2. The van der Waals surface area contributed by atoms with Crippen LogP contribution in [0.3, 0.4) is 0 Å². The van der Waals surface area contributed by atoms with E-state index in [-0.39, 0.29) is 17.7 Å². The van der Waals surface area contributed by atoms with Crippen molar-refractivity contribution in [3.05, 3.63) is 47.3 Å². The molecule has 1 aliphatic carbocycles. The summed E-state index contributed by atoms with van der Waals surface area (Å²) in [6.07, 6.45) is 4.42. The summed E-state index contributed by atoms with van der Waals surface area (Å²) in [6.45, 7) is 3.90. The molecule has 28 heavy (non-hydrogen) atoms. The van der Waals surface area contributed by atoms with E-state index in [2.05, 4.69) is 47.1 Å². The van der Waals surface area contributed by atoms with E-state index < -0.39 is 5.41 Å². The first-order valence-corrected chi connectivity index (χ1v) is 11.2. The van der Waals surface area contributed by atoms with Gasteiger partial charge in [-0.05, 0) is 61.6 Å². The zero-order chi connectivity index (χ0) is 19.6. The van der Waals surface area contributed by atoms with Crippen molar-refractivity contribution in [2.45, 2.75) is 39.0 Å². The average Bonchev–Trinajstić information content (AvgIpc) is 3.42. The molecule has 1 unspecified atom stereocenters. The largest absolute Gasteiger partial charge is 0.356 e. The van der Waals surface area contributed by atoms with Gasteiger partial charge in [-0.3, -0.25) is 9.59 Å². The van der Waals surface area contributed by atoms with E-state index in [1.807, 2.05) is 11.8 Å². The lowest BCUT2D eigenvalue weighted by atomic mass is 9.74. The van der Waals surface area contributed by atoms with Crippen LogP contribution in [-0.4, -0.2) is 36.3 Å². The Balaban J connectivity index is 1.55. The minimum atomic E-state index is -0.525. The highest BCUT2D eigenvalue weighted by atomic mass is 32.1. The molecule has 2 amide bonds. The highest BCUT2D eigenvalue weighted by molar-refractivity contribution is 7.13. The van der Waals surface area contributed by atoms with Crippen LogP contribution >= 0.6 is 11.3 Å². The van der Waals surface area contributed by atoms with Gasteiger partial charge in [0.25, 0.3) is 0 Å². The van der Waals surface area contributed by atoms with Gasteiger partial charge >= 0.3 is 0 Å². The fraction of sp³-hybridized carbons (Fsp3) is 0.478. The van der Waals surface area contributed by atoms with Gasteiger partial charge in [0.05, 0.1) is 5.41 Å². The van der Waals surface area contributed by atoms with Gasteiger partial charge < -0.3 is 10.2 Å². The summed E-state index contributed by atoms with van der Waals surface area (Å²) in [7, 11) is 0. The van der Waals surface area contributed by atoms with Crippen molar-refractivity contribution in [2.24, 2.45) is 11.3 Å². The number of amides is 2. The Morgan fingerprint density at radius 2 is 2.00 bits per heavy atom. The lowest BCUT2D eigenvalue weighted by Crippen LogP contribution is -2.54. The first-order chi connectivity index (χ1) is 13.6. The van der Waals surface area contributed by atoms with Crippen molar-refractivity contribution >= 4 is 23.2 Å². The van der Waals surface area contributed by atoms with Gasteiger partial charge in [0.2, 0.25) is 11.8 Å². The Hall–Kier alpha value is -2.14. The summed E-state index contributed by atoms with van der Waals surface area (Å²) in [4.78, 5) is 28.9. The summed E-state index contributed by atoms with van der Waals surface area (Å²) in [5, 5.41) is 5.12. The third-order valence-electron chi connectivity index (χ3n) is 5.94. The van der Waals surface area contributed by atoms with Crippen LogP contribution in [0.1, 0.15) is 38.2 Å². The van der Waals surface area contributed by atoms with Crippen LogP contribution in [-0.2, 0) is 16.0 Å². The molecule has 4 rings (SSSR count). The monoisotopic (exact) mass is 396 g/mol. The van der Waals surface area contributed by atoms with Gasteiger partial charge in [0.1, 0.15) is 0 Å². The van der Waals surface area contributed by atoms with Crippen molar-refractivity contribution in [3.8, 4) is 10.4 Å². The van der Waals surface area contributed by atoms with Gasteiger partial charge in [0, 0.05) is 30.4 Å². The van der Waals surface area contributed by atoms with Crippen molar-refractivity contribution < 1.29 is 9.59 Å².